The number of hydrogen-bond donors (Lipinski definition) is 1. The second kappa shape index (κ2) is 6.75. The highest BCUT2D eigenvalue weighted by molar-refractivity contribution is 8.00. The molecule has 118 valence electrons. The van der Waals surface area contributed by atoms with Crippen molar-refractivity contribution >= 4 is 29.1 Å². The molecule has 2 aromatic rings. The third-order valence-corrected chi connectivity index (χ3v) is 4.21. The van der Waals surface area contributed by atoms with Crippen LogP contribution in [0.2, 0.25) is 0 Å². The van der Waals surface area contributed by atoms with Crippen LogP contribution in [0, 0.1) is 0 Å². The predicted octanol–water partition coefficient (Wildman–Crippen LogP) is 3.35. The molecule has 1 heterocycles. The van der Waals surface area contributed by atoms with Gasteiger partial charge in [0.1, 0.15) is 0 Å². The summed E-state index contributed by atoms with van der Waals surface area (Å²) in [5, 5.41) is 2.73. The third-order valence-electron chi connectivity index (χ3n) is 3.22. The molecule has 0 saturated heterocycles. The number of rotatable bonds is 5. The smallest absolute Gasteiger partial charge is 0.231 e. The maximum absolute atomic E-state index is 12.3. The van der Waals surface area contributed by atoms with Crippen LogP contribution in [-0.4, -0.2) is 24.2 Å². The molecule has 0 spiro atoms. The molecule has 1 aliphatic rings. The lowest BCUT2D eigenvalue weighted by Crippen LogP contribution is -2.05. The zero-order valence-corrected chi connectivity index (χ0v) is 13.3. The lowest BCUT2D eigenvalue weighted by atomic mass is 10.1. The Kier molecular flexibility index (Phi) is 4.52. The second-order valence-electron chi connectivity index (χ2n) is 4.99. The molecule has 5 nitrogen and oxygen atoms in total. The van der Waals surface area contributed by atoms with Crippen LogP contribution in [0.1, 0.15) is 17.3 Å². The Hall–Kier alpha value is -2.47. The Bertz CT molecular complexity index is 760. The standard InChI is InChI=1S/C17H15NO4S/c1-11(19)18-13-3-2-4-14(8-13)23-9-15(20)12-5-6-16-17(7-12)22-10-21-16/h2-8H,9-10H2,1H3,(H,18,19). The molecule has 1 aliphatic heterocycles. The third kappa shape index (κ3) is 3.84. The first-order chi connectivity index (χ1) is 11.1. The molecular weight excluding hydrogens is 314 g/mol. The van der Waals surface area contributed by atoms with Crippen molar-refractivity contribution in [1.82, 2.24) is 0 Å². The van der Waals surface area contributed by atoms with Crippen molar-refractivity contribution in [3.8, 4) is 11.5 Å². The van der Waals surface area contributed by atoms with Gasteiger partial charge in [0.25, 0.3) is 0 Å². The zero-order valence-electron chi connectivity index (χ0n) is 12.5. The molecule has 0 unspecified atom stereocenters. The average Bonchev–Trinajstić information content (AvgIpc) is 3.00. The topological polar surface area (TPSA) is 64.6 Å². The first kappa shape index (κ1) is 15.4. The fourth-order valence-corrected chi connectivity index (χ4v) is 3.02. The SMILES string of the molecule is CC(=O)Nc1cccc(SCC(=O)c2ccc3c(c2)OCO3)c1. The number of hydrogen-bond acceptors (Lipinski definition) is 5. The van der Waals surface area contributed by atoms with Gasteiger partial charge in [0, 0.05) is 23.1 Å². The van der Waals surface area contributed by atoms with Crippen molar-refractivity contribution in [2.24, 2.45) is 0 Å². The Morgan fingerprint density at radius 1 is 1.13 bits per heavy atom. The molecule has 0 bridgehead atoms. The van der Waals surface area contributed by atoms with Crippen LogP contribution in [0.15, 0.2) is 47.4 Å². The summed E-state index contributed by atoms with van der Waals surface area (Å²) in [6.45, 7) is 1.65. The molecule has 0 aliphatic carbocycles. The van der Waals surface area contributed by atoms with E-state index in [0.29, 0.717) is 22.8 Å². The van der Waals surface area contributed by atoms with Crippen molar-refractivity contribution in [2.45, 2.75) is 11.8 Å². The van der Waals surface area contributed by atoms with Crippen molar-refractivity contribution in [3.63, 3.8) is 0 Å². The highest BCUT2D eigenvalue weighted by Crippen LogP contribution is 2.33. The Morgan fingerprint density at radius 3 is 2.78 bits per heavy atom. The maximum atomic E-state index is 12.3. The molecule has 0 atom stereocenters. The van der Waals surface area contributed by atoms with E-state index in [0.717, 1.165) is 10.6 Å². The van der Waals surface area contributed by atoms with Gasteiger partial charge in [-0.1, -0.05) is 6.07 Å². The predicted molar refractivity (Wildman–Crippen MR) is 88.4 cm³/mol. The number of carbonyl (C=O) groups is 2. The van der Waals surface area contributed by atoms with E-state index in [2.05, 4.69) is 5.32 Å². The van der Waals surface area contributed by atoms with E-state index >= 15 is 0 Å². The van der Waals surface area contributed by atoms with Gasteiger partial charge in [0.15, 0.2) is 17.3 Å². The molecular formula is C17H15NO4S. The molecule has 1 amide bonds. The monoisotopic (exact) mass is 329 g/mol. The van der Waals surface area contributed by atoms with E-state index in [-0.39, 0.29) is 18.5 Å². The van der Waals surface area contributed by atoms with Gasteiger partial charge in [0.05, 0.1) is 5.75 Å². The number of Topliss-reactive ketones (excluding diaryl/α,β-unsaturated/α-hetero) is 1. The summed E-state index contributed by atoms with van der Waals surface area (Å²) in [7, 11) is 0. The van der Waals surface area contributed by atoms with Crippen molar-refractivity contribution < 1.29 is 19.1 Å². The van der Waals surface area contributed by atoms with Crippen LogP contribution in [0.3, 0.4) is 0 Å². The lowest BCUT2D eigenvalue weighted by Gasteiger charge is -2.06. The van der Waals surface area contributed by atoms with Crippen LogP contribution in [-0.2, 0) is 4.79 Å². The fourth-order valence-electron chi connectivity index (χ4n) is 2.17. The van der Waals surface area contributed by atoms with E-state index in [1.807, 2.05) is 24.3 Å². The molecule has 0 radical (unpaired) electrons. The van der Waals surface area contributed by atoms with Crippen LogP contribution in [0.4, 0.5) is 5.69 Å². The van der Waals surface area contributed by atoms with Gasteiger partial charge in [-0.3, -0.25) is 9.59 Å². The van der Waals surface area contributed by atoms with Crippen LogP contribution in [0.5, 0.6) is 11.5 Å². The molecule has 6 heteroatoms. The minimum atomic E-state index is -0.122. The van der Waals surface area contributed by atoms with Crippen LogP contribution < -0.4 is 14.8 Å². The van der Waals surface area contributed by atoms with E-state index in [1.54, 1.807) is 18.2 Å². The number of fused-ring (bicyclic) bond motifs is 1. The van der Waals surface area contributed by atoms with Crippen LogP contribution in [0.25, 0.3) is 0 Å². The van der Waals surface area contributed by atoms with E-state index in [4.69, 9.17) is 9.47 Å². The number of benzene rings is 2. The van der Waals surface area contributed by atoms with Gasteiger partial charge in [-0.15, -0.1) is 11.8 Å². The lowest BCUT2D eigenvalue weighted by molar-refractivity contribution is -0.114. The highest BCUT2D eigenvalue weighted by Gasteiger charge is 2.16. The van der Waals surface area contributed by atoms with Crippen LogP contribution >= 0.6 is 11.8 Å². The fraction of sp³-hybridized carbons (Fsp3) is 0.176. The number of ketones is 1. The van der Waals surface area contributed by atoms with E-state index in [9.17, 15) is 9.59 Å². The summed E-state index contributed by atoms with van der Waals surface area (Å²) in [6.07, 6.45) is 0. The van der Waals surface area contributed by atoms with Crippen molar-refractivity contribution in [3.05, 3.63) is 48.0 Å². The number of thioether (sulfide) groups is 1. The highest BCUT2D eigenvalue weighted by atomic mass is 32.2. The number of anilines is 1. The number of nitrogens with one attached hydrogen (secondary N) is 1. The van der Waals surface area contributed by atoms with Gasteiger partial charge < -0.3 is 14.8 Å². The first-order valence-electron chi connectivity index (χ1n) is 7.05. The molecule has 2 aromatic carbocycles. The Balaban J connectivity index is 1.64. The normalized spacial score (nSPS) is 12.0. The molecule has 0 saturated carbocycles. The summed E-state index contributed by atoms with van der Waals surface area (Å²) < 4.78 is 10.5. The minimum Gasteiger partial charge on any atom is -0.454 e. The summed E-state index contributed by atoms with van der Waals surface area (Å²) in [6, 6.07) is 12.6. The summed E-state index contributed by atoms with van der Waals surface area (Å²) in [5.74, 6) is 1.47. The van der Waals surface area contributed by atoms with Crippen molar-refractivity contribution in [2.75, 3.05) is 17.9 Å². The zero-order chi connectivity index (χ0) is 16.2. The summed E-state index contributed by atoms with van der Waals surface area (Å²) >= 11 is 1.42. The molecule has 1 N–H and O–H groups in total. The minimum absolute atomic E-state index is 0.0123. The number of ether oxygens (including phenoxy) is 2. The molecule has 23 heavy (non-hydrogen) atoms. The van der Waals surface area contributed by atoms with E-state index < -0.39 is 0 Å². The Labute approximate surface area is 138 Å². The first-order valence-corrected chi connectivity index (χ1v) is 8.04. The van der Waals surface area contributed by atoms with Gasteiger partial charge in [-0.2, -0.15) is 0 Å². The quantitative estimate of drug-likeness (QED) is 0.673. The molecule has 0 aromatic heterocycles. The number of amides is 1. The number of carbonyl (C=O) groups excluding carboxylic acids is 2. The van der Waals surface area contributed by atoms with Gasteiger partial charge >= 0.3 is 0 Å². The Morgan fingerprint density at radius 2 is 1.96 bits per heavy atom. The largest absolute Gasteiger partial charge is 0.454 e. The maximum Gasteiger partial charge on any atom is 0.231 e. The van der Waals surface area contributed by atoms with Crippen molar-refractivity contribution in [1.29, 1.82) is 0 Å². The van der Waals surface area contributed by atoms with Gasteiger partial charge in [0.2, 0.25) is 12.7 Å². The summed E-state index contributed by atoms with van der Waals surface area (Å²) in [5.41, 5.74) is 1.32. The molecule has 3 rings (SSSR count). The molecule has 0 fully saturated rings. The summed E-state index contributed by atoms with van der Waals surface area (Å²) in [4.78, 5) is 24.3. The second-order valence-corrected chi connectivity index (χ2v) is 6.04. The van der Waals surface area contributed by atoms with Gasteiger partial charge in [-0.05, 0) is 36.4 Å². The van der Waals surface area contributed by atoms with E-state index in [1.165, 1.54) is 18.7 Å². The average molecular weight is 329 g/mol. The van der Waals surface area contributed by atoms with Gasteiger partial charge in [-0.25, -0.2) is 0 Å².